The minimum Gasteiger partial charge on any atom is -0.281 e. The Kier molecular flexibility index (Phi) is 2.08. The zero-order chi connectivity index (χ0) is 11.0. The molecular formula is C11H7ClN4. The molecule has 0 unspecified atom stereocenters. The highest BCUT2D eigenvalue weighted by molar-refractivity contribution is 6.30. The largest absolute Gasteiger partial charge is 0.281 e. The van der Waals surface area contributed by atoms with Crippen LogP contribution in [0.2, 0.25) is 5.02 Å². The van der Waals surface area contributed by atoms with Crippen LogP contribution in [0.4, 0.5) is 0 Å². The van der Waals surface area contributed by atoms with Crippen molar-refractivity contribution in [3.05, 3.63) is 47.9 Å². The molecule has 0 amide bonds. The van der Waals surface area contributed by atoms with Gasteiger partial charge in [-0.1, -0.05) is 11.6 Å². The summed E-state index contributed by atoms with van der Waals surface area (Å²) >= 11 is 5.95. The molecule has 0 radical (unpaired) electrons. The van der Waals surface area contributed by atoms with Crippen molar-refractivity contribution in [1.82, 2.24) is 19.6 Å². The van der Waals surface area contributed by atoms with E-state index in [1.54, 1.807) is 24.7 Å². The molecule has 0 atom stereocenters. The molecule has 3 heterocycles. The van der Waals surface area contributed by atoms with Crippen molar-refractivity contribution in [1.29, 1.82) is 0 Å². The van der Waals surface area contributed by atoms with Crippen molar-refractivity contribution in [2.24, 2.45) is 0 Å². The van der Waals surface area contributed by atoms with E-state index in [9.17, 15) is 0 Å². The molecule has 78 valence electrons. The lowest BCUT2D eigenvalue weighted by Crippen LogP contribution is -1.89. The van der Waals surface area contributed by atoms with Gasteiger partial charge in [0.15, 0.2) is 11.5 Å². The first-order valence-corrected chi connectivity index (χ1v) is 5.13. The summed E-state index contributed by atoms with van der Waals surface area (Å²) in [5.74, 6) is 0.764. The summed E-state index contributed by atoms with van der Waals surface area (Å²) in [5, 5.41) is 8.86. The van der Waals surface area contributed by atoms with E-state index in [-0.39, 0.29) is 0 Å². The Hall–Kier alpha value is -1.94. The Morgan fingerprint density at radius 2 is 1.81 bits per heavy atom. The fraction of sp³-hybridized carbons (Fsp3) is 0. The molecule has 0 spiro atoms. The fourth-order valence-corrected chi connectivity index (χ4v) is 1.72. The van der Waals surface area contributed by atoms with Crippen molar-refractivity contribution in [2.45, 2.75) is 0 Å². The minimum atomic E-state index is 0.655. The third-order valence-corrected chi connectivity index (χ3v) is 2.53. The van der Waals surface area contributed by atoms with Gasteiger partial charge in [-0.25, -0.2) is 0 Å². The van der Waals surface area contributed by atoms with Gasteiger partial charge in [0.2, 0.25) is 0 Å². The van der Waals surface area contributed by atoms with Gasteiger partial charge >= 0.3 is 0 Å². The molecule has 3 rings (SSSR count). The lowest BCUT2D eigenvalue weighted by molar-refractivity contribution is 1.11. The van der Waals surface area contributed by atoms with Crippen molar-refractivity contribution < 1.29 is 0 Å². The van der Waals surface area contributed by atoms with Crippen molar-refractivity contribution >= 4 is 17.2 Å². The Labute approximate surface area is 96.5 Å². The van der Waals surface area contributed by atoms with E-state index >= 15 is 0 Å². The number of halogens is 1. The molecule has 3 aromatic heterocycles. The van der Waals surface area contributed by atoms with Gasteiger partial charge in [0, 0.05) is 24.2 Å². The second-order valence-electron chi connectivity index (χ2n) is 3.34. The summed E-state index contributed by atoms with van der Waals surface area (Å²) in [5.41, 5.74) is 1.74. The molecule has 0 N–H and O–H groups in total. The highest BCUT2D eigenvalue weighted by Gasteiger charge is 2.07. The topological polar surface area (TPSA) is 43.1 Å². The first-order chi connectivity index (χ1) is 7.84. The summed E-state index contributed by atoms with van der Waals surface area (Å²) in [6.07, 6.45) is 5.24. The van der Waals surface area contributed by atoms with Crippen LogP contribution in [-0.2, 0) is 0 Å². The van der Waals surface area contributed by atoms with E-state index in [0.717, 1.165) is 17.0 Å². The zero-order valence-electron chi connectivity index (χ0n) is 8.21. The smallest absolute Gasteiger partial charge is 0.168 e. The normalized spacial score (nSPS) is 10.8. The van der Waals surface area contributed by atoms with Crippen molar-refractivity contribution in [2.75, 3.05) is 0 Å². The van der Waals surface area contributed by atoms with Crippen LogP contribution in [0.5, 0.6) is 0 Å². The molecule has 4 nitrogen and oxygen atoms in total. The third kappa shape index (κ3) is 1.44. The van der Waals surface area contributed by atoms with Crippen LogP contribution < -0.4 is 0 Å². The van der Waals surface area contributed by atoms with E-state index in [4.69, 9.17) is 11.6 Å². The SMILES string of the molecule is Clc1ccc2nnc(-c3ccncc3)n2c1. The Balaban J connectivity index is 2.29. The maximum Gasteiger partial charge on any atom is 0.168 e. The van der Waals surface area contributed by atoms with Gasteiger partial charge in [-0.2, -0.15) is 0 Å². The van der Waals surface area contributed by atoms with Crippen LogP contribution in [-0.4, -0.2) is 19.6 Å². The second-order valence-corrected chi connectivity index (χ2v) is 3.77. The summed E-state index contributed by atoms with van der Waals surface area (Å²) < 4.78 is 1.86. The maximum absolute atomic E-state index is 5.95. The number of fused-ring (bicyclic) bond motifs is 1. The Morgan fingerprint density at radius 1 is 1.00 bits per heavy atom. The molecular weight excluding hydrogens is 224 g/mol. The van der Waals surface area contributed by atoms with Gasteiger partial charge < -0.3 is 0 Å². The lowest BCUT2D eigenvalue weighted by atomic mass is 10.2. The predicted molar refractivity (Wildman–Crippen MR) is 61.2 cm³/mol. The summed E-state index contributed by atoms with van der Waals surface area (Å²) in [6.45, 7) is 0. The molecule has 3 aromatic rings. The number of pyridine rings is 2. The molecule has 0 saturated heterocycles. The molecule has 0 aliphatic heterocycles. The van der Waals surface area contributed by atoms with Gasteiger partial charge in [-0.3, -0.25) is 9.38 Å². The molecule has 0 aliphatic rings. The summed E-state index contributed by atoms with van der Waals surface area (Å²) in [4.78, 5) is 3.97. The average Bonchev–Trinajstić information content (AvgIpc) is 2.73. The molecule has 0 saturated carbocycles. The van der Waals surface area contributed by atoms with E-state index in [1.807, 2.05) is 22.6 Å². The standard InChI is InChI=1S/C11H7ClN4/c12-9-1-2-10-14-15-11(16(10)7-9)8-3-5-13-6-4-8/h1-7H. The lowest BCUT2D eigenvalue weighted by Gasteiger charge is -1.99. The Bertz CT molecular complexity index is 633. The number of nitrogens with zero attached hydrogens (tertiary/aromatic N) is 4. The second kappa shape index (κ2) is 3.57. The van der Waals surface area contributed by atoms with Crippen LogP contribution in [0.25, 0.3) is 17.0 Å². The van der Waals surface area contributed by atoms with E-state index < -0.39 is 0 Å². The molecule has 0 bridgehead atoms. The molecule has 0 fully saturated rings. The quantitative estimate of drug-likeness (QED) is 0.645. The summed E-state index contributed by atoms with van der Waals surface area (Å²) in [6, 6.07) is 7.40. The van der Waals surface area contributed by atoms with E-state index in [2.05, 4.69) is 15.2 Å². The first kappa shape index (κ1) is 9.30. The predicted octanol–water partition coefficient (Wildman–Crippen LogP) is 2.44. The van der Waals surface area contributed by atoms with Crippen LogP contribution in [0.15, 0.2) is 42.9 Å². The van der Waals surface area contributed by atoms with Gasteiger partial charge in [-0.15, -0.1) is 10.2 Å². The van der Waals surface area contributed by atoms with Crippen LogP contribution in [0.1, 0.15) is 0 Å². The molecule has 16 heavy (non-hydrogen) atoms. The third-order valence-electron chi connectivity index (χ3n) is 2.30. The van der Waals surface area contributed by atoms with Crippen molar-refractivity contribution in [3.8, 4) is 11.4 Å². The van der Waals surface area contributed by atoms with Crippen LogP contribution in [0.3, 0.4) is 0 Å². The van der Waals surface area contributed by atoms with Gasteiger partial charge in [0.1, 0.15) is 0 Å². The maximum atomic E-state index is 5.95. The molecule has 5 heteroatoms. The fourth-order valence-electron chi connectivity index (χ4n) is 1.56. The van der Waals surface area contributed by atoms with Gasteiger partial charge in [0.05, 0.1) is 5.02 Å². The van der Waals surface area contributed by atoms with Crippen LogP contribution >= 0.6 is 11.6 Å². The highest BCUT2D eigenvalue weighted by Crippen LogP contribution is 2.19. The van der Waals surface area contributed by atoms with Crippen molar-refractivity contribution in [3.63, 3.8) is 0 Å². The number of hydrogen-bond donors (Lipinski definition) is 0. The van der Waals surface area contributed by atoms with Crippen LogP contribution in [0, 0.1) is 0 Å². The van der Waals surface area contributed by atoms with Gasteiger partial charge in [-0.05, 0) is 24.3 Å². The summed E-state index contributed by atoms with van der Waals surface area (Å²) in [7, 11) is 0. The zero-order valence-corrected chi connectivity index (χ0v) is 8.96. The molecule has 0 aromatic carbocycles. The monoisotopic (exact) mass is 230 g/mol. The first-order valence-electron chi connectivity index (χ1n) is 4.75. The highest BCUT2D eigenvalue weighted by atomic mass is 35.5. The number of hydrogen-bond acceptors (Lipinski definition) is 3. The average molecular weight is 231 g/mol. The minimum absolute atomic E-state index is 0.655. The van der Waals surface area contributed by atoms with Gasteiger partial charge in [0.25, 0.3) is 0 Å². The number of rotatable bonds is 1. The number of aromatic nitrogens is 4. The van der Waals surface area contributed by atoms with E-state index in [0.29, 0.717) is 5.02 Å². The Morgan fingerprint density at radius 3 is 2.62 bits per heavy atom. The van der Waals surface area contributed by atoms with E-state index in [1.165, 1.54) is 0 Å². The molecule has 0 aliphatic carbocycles.